The van der Waals surface area contributed by atoms with Crippen molar-refractivity contribution in [1.82, 2.24) is 9.55 Å². The molecule has 23 heavy (non-hydrogen) atoms. The first-order valence-electron chi connectivity index (χ1n) is 7.94. The average molecular weight is 310 g/mol. The second-order valence-electron chi connectivity index (χ2n) is 5.76. The van der Waals surface area contributed by atoms with Crippen molar-refractivity contribution < 1.29 is 9.84 Å². The van der Waals surface area contributed by atoms with Crippen LogP contribution in [0, 0.1) is 13.8 Å². The zero-order valence-electron chi connectivity index (χ0n) is 13.6. The van der Waals surface area contributed by atoms with E-state index < -0.39 is 0 Å². The van der Waals surface area contributed by atoms with Gasteiger partial charge in [-0.05, 0) is 37.6 Å². The summed E-state index contributed by atoms with van der Waals surface area (Å²) in [5.74, 6) is 1.82. The third-order valence-corrected chi connectivity index (χ3v) is 3.97. The lowest BCUT2D eigenvalue weighted by atomic mass is 10.1. The van der Waals surface area contributed by atoms with Gasteiger partial charge in [0.1, 0.15) is 18.2 Å². The number of aliphatic hydroxyl groups excluding tert-OH is 1. The van der Waals surface area contributed by atoms with Gasteiger partial charge in [-0.15, -0.1) is 0 Å². The number of nitrogens with zero attached hydrogens (tertiary/aromatic N) is 2. The van der Waals surface area contributed by atoms with Crippen LogP contribution in [0.3, 0.4) is 0 Å². The molecule has 1 N–H and O–H groups in total. The van der Waals surface area contributed by atoms with Crippen LogP contribution in [-0.4, -0.2) is 27.9 Å². The normalized spacial score (nSPS) is 11.1. The molecule has 0 radical (unpaired) electrons. The quantitative estimate of drug-likeness (QED) is 0.760. The molecular formula is C19H22N2O2. The monoisotopic (exact) mass is 310 g/mol. The number of hydrogen-bond donors (Lipinski definition) is 1. The molecule has 4 heteroatoms. The first-order valence-corrected chi connectivity index (χ1v) is 7.94. The molecule has 0 amide bonds. The summed E-state index contributed by atoms with van der Waals surface area (Å²) < 4.78 is 8.07. The van der Waals surface area contributed by atoms with Gasteiger partial charge in [0.25, 0.3) is 0 Å². The third-order valence-electron chi connectivity index (χ3n) is 3.97. The Morgan fingerprint density at radius 1 is 1.13 bits per heavy atom. The summed E-state index contributed by atoms with van der Waals surface area (Å²) in [7, 11) is 0. The number of aryl methyl sites for hydroxylation is 2. The first-order chi connectivity index (χ1) is 11.2. The third kappa shape index (κ3) is 3.37. The van der Waals surface area contributed by atoms with Gasteiger partial charge < -0.3 is 14.4 Å². The van der Waals surface area contributed by atoms with Crippen LogP contribution in [0.2, 0.25) is 0 Å². The Balaban J connectivity index is 1.77. The highest BCUT2D eigenvalue weighted by Gasteiger charge is 2.10. The van der Waals surface area contributed by atoms with Crippen molar-refractivity contribution in [2.75, 3.05) is 13.2 Å². The number of rotatable bonds is 6. The number of hydrogen-bond acceptors (Lipinski definition) is 3. The molecule has 2 aromatic carbocycles. The molecule has 0 spiro atoms. The Morgan fingerprint density at radius 2 is 1.96 bits per heavy atom. The lowest BCUT2D eigenvalue weighted by Gasteiger charge is -2.12. The smallest absolute Gasteiger partial charge is 0.122 e. The zero-order chi connectivity index (χ0) is 16.2. The Kier molecular flexibility index (Phi) is 4.63. The average Bonchev–Trinajstić information content (AvgIpc) is 2.88. The van der Waals surface area contributed by atoms with Crippen molar-refractivity contribution in [1.29, 1.82) is 0 Å². The molecule has 1 heterocycles. The van der Waals surface area contributed by atoms with Crippen LogP contribution in [0.4, 0.5) is 0 Å². The molecule has 120 valence electrons. The molecule has 0 aliphatic heterocycles. The van der Waals surface area contributed by atoms with Crippen molar-refractivity contribution in [3.63, 3.8) is 0 Å². The van der Waals surface area contributed by atoms with E-state index in [2.05, 4.69) is 41.6 Å². The minimum Gasteiger partial charge on any atom is -0.491 e. The van der Waals surface area contributed by atoms with E-state index in [4.69, 9.17) is 4.74 Å². The van der Waals surface area contributed by atoms with Gasteiger partial charge in [0.2, 0.25) is 0 Å². The van der Waals surface area contributed by atoms with Gasteiger partial charge >= 0.3 is 0 Å². The van der Waals surface area contributed by atoms with E-state index >= 15 is 0 Å². The molecule has 0 aliphatic rings. The van der Waals surface area contributed by atoms with Gasteiger partial charge in [0, 0.05) is 6.42 Å². The highest BCUT2D eigenvalue weighted by atomic mass is 16.5. The summed E-state index contributed by atoms with van der Waals surface area (Å²) in [4.78, 5) is 4.60. The predicted octanol–water partition coefficient (Wildman–Crippen LogP) is 3.27. The number of benzene rings is 2. The SMILES string of the molecule is Cc1ccc(OCCn2c(CCO)nc3ccccc32)c(C)c1. The Bertz CT molecular complexity index is 808. The maximum absolute atomic E-state index is 9.25. The van der Waals surface area contributed by atoms with E-state index in [1.54, 1.807) is 0 Å². The largest absolute Gasteiger partial charge is 0.491 e. The Hall–Kier alpha value is -2.33. The summed E-state index contributed by atoms with van der Waals surface area (Å²) in [5.41, 5.74) is 4.43. The fourth-order valence-corrected chi connectivity index (χ4v) is 2.87. The maximum atomic E-state index is 9.25. The second kappa shape index (κ2) is 6.84. The summed E-state index contributed by atoms with van der Waals surface area (Å²) in [6, 6.07) is 14.2. The molecule has 0 saturated heterocycles. The van der Waals surface area contributed by atoms with Crippen molar-refractivity contribution in [2.45, 2.75) is 26.8 Å². The van der Waals surface area contributed by atoms with E-state index in [1.165, 1.54) is 5.56 Å². The second-order valence-corrected chi connectivity index (χ2v) is 5.76. The molecule has 3 aromatic rings. The van der Waals surface area contributed by atoms with Gasteiger partial charge in [0.05, 0.1) is 24.2 Å². The van der Waals surface area contributed by atoms with Gasteiger partial charge in [0.15, 0.2) is 0 Å². The van der Waals surface area contributed by atoms with Crippen molar-refractivity contribution in [2.24, 2.45) is 0 Å². The van der Waals surface area contributed by atoms with Crippen molar-refractivity contribution >= 4 is 11.0 Å². The maximum Gasteiger partial charge on any atom is 0.122 e. The fourth-order valence-electron chi connectivity index (χ4n) is 2.87. The number of ether oxygens (including phenoxy) is 1. The van der Waals surface area contributed by atoms with E-state index in [0.29, 0.717) is 19.6 Å². The lowest BCUT2D eigenvalue weighted by molar-refractivity contribution is 0.283. The summed E-state index contributed by atoms with van der Waals surface area (Å²) in [6.07, 6.45) is 0.554. The van der Waals surface area contributed by atoms with Crippen LogP contribution < -0.4 is 4.74 Å². The molecule has 1 aromatic heterocycles. The van der Waals surface area contributed by atoms with Crippen molar-refractivity contribution in [3.8, 4) is 5.75 Å². The highest BCUT2D eigenvalue weighted by Crippen LogP contribution is 2.20. The molecule has 0 saturated carbocycles. The van der Waals surface area contributed by atoms with E-state index in [1.807, 2.05) is 24.3 Å². The predicted molar refractivity (Wildman–Crippen MR) is 91.9 cm³/mol. The molecule has 3 rings (SSSR count). The van der Waals surface area contributed by atoms with E-state index in [9.17, 15) is 5.11 Å². The summed E-state index contributed by atoms with van der Waals surface area (Å²) in [5, 5.41) is 9.25. The number of aromatic nitrogens is 2. The number of fused-ring (bicyclic) bond motifs is 1. The van der Waals surface area contributed by atoms with Crippen LogP contribution in [0.5, 0.6) is 5.75 Å². The summed E-state index contributed by atoms with van der Waals surface area (Å²) >= 11 is 0. The summed E-state index contributed by atoms with van der Waals surface area (Å²) in [6.45, 7) is 5.52. The van der Waals surface area contributed by atoms with Crippen molar-refractivity contribution in [3.05, 3.63) is 59.4 Å². The van der Waals surface area contributed by atoms with Crippen LogP contribution >= 0.6 is 0 Å². The van der Waals surface area contributed by atoms with Crippen LogP contribution in [-0.2, 0) is 13.0 Å². The Labute approximate surface area is 136 Å². The molecule has 0 bridgehead atoms. The van der Waals surface area contributed by atoms with Crippen LogP contribution in [0.1, 0.15) is 17.0 Å². The molecule has 0 atom stereocenters. The first kappa shape index (κ1) is 15.6. The number of para-hydroxylation sites is 2. The molecular weight excluding hydrogens is 288 g/mol. The minimum absolute atomic E-state index is 0.0985. The van der Waals surface area contributed by atoms with E-state index in [0.717, 1.165) is 28.2 Å². The van der Waals surface area contributed by atoms with Gasteiger partial charge in [-0.1, -0.05) is 29.8 Å². The minimum atomic E-state index is 0.0985. The topological polar surface area (TPSA) is 47.3 Å². The van der Waals surface area contributed by atoms with Crippen LogP contribution in [0.25, 0.3) is 11.0 Å². The van der Waals surface area contributed by atoms with Gasteiger partial charge in [-0.25, -0.2) is 4.98 Å². The van der Waals surface area contributed by atoms with Gasteiger partial charge in [-0.2, -0.15) is 0 Å². The molecule has 4 nitrogen and oxygen atoms in total. The molecule has 0 fully saturated rings. The van der Waals surface area contributed by atoms with Gasteiger partial charge in [-0.3, -0.25) is 0 Å². The number of imidazole rings is 1. The lowest BCUT2D eigenvalue weighted by Crippen LogP contribution is -2.12. The van der Waals surface area contributed by atoms with E-state index in [-0.39, 0.29) is 6.61 Å². The molecule has 0 aliphatic carbocycles. The molecule has 0 unspecified atom stereocenters. The number of aliphatic hydroxyl groups is 1. The highest BCUT2D eigenvalue weighted by molar-refractivity contribution is 5.75. The standard InChI is InChI=1S/C19H22N2O2/c1-14-7-8-18(15(2)13-14)23-12-10-21-17-6-4-3-5-16(17)20-19(21)9-11-22/h3-8,13,22H,9-12H2,1-2H3. The zero-order valence-corrected chi connectivity index (χ0v) is 13.6. The van der Waals surface area contributed by atoms with Crippen LogP contribution in [0.15, 0.2) is 42.5 Å². The Morgan fingerprint density at radius 3 is 2.74 bits per heavy atom. The fraction of sp³-hybridized carbons (Fsp3) is 0.316.